The Kier molecular flexibility index (Phi) is 5.29. The van der Waals surface area contributed by atoms with E-state index in [1.54, 1.807) is 0 Å². The van der Waals surface area contributed by atoms with Crippen molar-refractivity contribution in [2.75, 3.05) is 6.61 Å². The van der Waals surface area contributed by atoms with Gasteiger partial charge in [0.05, 0.1) is 6.61 Å². The van der Waals surface area contributed by atoms with Crippen LogP contribution in [-0.2, 0) is 11.3 Å². The molecule has 1 fully saturated rings. The lowest BCUT2D eigenvalue weighted by molar-refractivity contribution is 0.105. The molecule has 3 heteroatoms. The molecule has 1 aromatic rings. The van der Waals surface area contributed by atoms with E-state index in [9.17, 15) is 0 Å². The summed E-state index contributed by atoms with van der Waals surface area (Å²) in [7, 11) is 0. The number of benzene rings is 1. The fourth-order valence-electron chi connectivity index (χ4n) is 2.59. The Morgan fingerprint density at radius 1 is 1.22 bits per heavy atom. The Morgan fingerprint density at radius 3 is 2.61 bits per heavy atom. The van der Waals surface area contributed by atoms with Crippen LogP contribution in [-0.4, -0.2) is 13.3 Å². The van der Waals surface area contributed by atoms with E-state index in [0.717, 1.165) is 31.6 Å². The molecule has 1 heterocycles. The van der Waals surface area contributed by atoms with Gasteiger partial charge in [0.2, 0.25) is 0 Å². The molecule has 0 spiro atoms. The SMILES string of the molecule is N#CB1CCC(CCOCc2ccccc2)CC1. The van der Waals surface area contributed by atoms with Gasteiger partial charge in [0.25, 0.3) is 6.71 Å². The lowest BCUT2D eigenvalue weighted by Crippen LogP contribution is -2.20. The van der Waals surface area contributed by atoms with Gasteiger partial charge >= 0.3 is 0 Å². The molecule has 1 aliphatic heterocycles. The molecule has 0 bridgehead atoms. The van der Waals surface area contributed by atoms with E-state index in [1.807, 2.05) is 18.2 Å². The van der Waals surface area contributed by atoms with Crippen LogP contribution in [0.25, 0.3) is 0 Å². The topological polar surface area (TPSA) is 33.0 Å². The standard InChI is InChI=1S/C15H20BNO/c17-13-16-9-6-14(7-10-16)8-11-18-12-15-4-2-1-3-5-15/h1-5,14H,6-12H2. The lowest BCUT2D eigenvalue weighted by atomic mass is 9.41. The van der Waals surface area contributed by atoms with Gasteiger partial charge in [-0.15, -0.1) is 0 Å². The van der Waals surface area contributed by atoms with E-state index in [-0.39, 0.29) is 0 Å². The minimum Gasteiger partial charge on any atom is -0.377 e. The summed E-state index contributed by atoms with van der Waals surface area (Å²) in [5.41, 5.74) is 1.24. The van der Waals surface area contributed by atoms with E-state index in [1.165, 1.54) is 18.4 Å². The van der Waals surface area contributed by atoms with E-state index >= 15 is 0 Å². The highest BCUT2D eigenvalue weighted by molar-refractivity contribution is 6.67. The molecule has 0 N–H and O–H groups in total. The van der Waals surface area contributed by atoms with Gasteiger partial charge in [-0.3, -0.25) is 0 Å². The first kappa shape index (κ1) is 13.2. The van der Waals surface area contributed by atoms with Crippen LogP contribution in [0.15, 0.2) is 30.3 Å². The monoisotopic (exact) mass is 241 g/mol. The van der Waals surface area contributed by atoms with Crippen LogP contribution in [0.2, 0.25) is 12.6 Å². The largest absolute Gasteiger partial charge is 0.377 e. The molecule has 1 aromatic carbocycles. The van der Waals surface area contributed by atoms with Gasteiger partial charge in [0, 0.05) is 12.6 Å². The number of rotatable bonds is 5. The van der Waals surface area contributed by atoms with Crippen LogP contribution in [0, 0.1) is 17.1 Å². The molecule has 2 nitrogen and oxygen atoms in total. The van der Waals surface area contributed by atoms with Crippen molar-refractivity contribution in [2.45, 2.75) is 38.5 Å². The molecule has 0 aromatic heterocycles. The maximum atomic E-state index is 8.84. The number of ether oxygens (including phenoxy) is 1. The van der Waals surface area contributed by atoms with Crippen molar-refractivity contribution >= 4 is 6.71 Å². The fourth-order valence-corrected chi connectivity index (χ4v) is 2.59. The molecule has 94 valence electrons. The van der Waals surface area contributed by atoms with E-state index < -0.39 is 0 Å². The second-order valence-electron chi connectivity index (χ2n) is 5.17. The highest BCUT2D eigenvalue weighted by Gasteiger charge is 2.23. The molecule has 18 heavy (non-hydrogen) atoms. The Bertz CT molecular complexity index is 379. The highest BCUT2D eigenvalue weighted by atomic mass is 16.5. The lowest BCUT2D eigenvalue weighted by Gasteiger charge is -2.22. The summed E-state index contributed by atoms with van der Waals surface area (Å²) in [4.78, 5) is 0. The molecule has 0 atom stereocenters. The normalized spacial score (nSPS) is 16.5. The van der Waals surface area contributed by atoms with E-state index in [0.29, 0.717) is 13.3 Å². The first-order valence-corrected chi connectivity index (χ1v) is 6.90. The maximum absolute atomic E-state index is 8.84. The summed E-state index contributed by atoms with van der Waals surface area (Å²) >= 11 is 0. The van der Waals surface area contributed by atoms with Crippen LogP contribution in [0.3, 0.4) is 0 Å². The van der Waals surface area contributed by atoms with Crippen molar-refractivity contribution < 1.29 is 4.74 Å². The van der Waals surface area contributed by atoms with Crippen LogP contribution >= 0.6 is 0 Å². The van der Waals surface area contributed by atoms with Gasteiger partial charge < -0.3 is 4.74 Å². The molecule has 0 radical (unpaired) electrons. The quantitative estimate of drug-likeness (QED) is 0.583. The van der Waals surface area contributed by atoms with Crippen LogP contribution in [0.5, 0.6) is 0 Å². The van der Waals surface area contributed by atoms with E-state index in [2.05, 4.69) is 18.1 Å². The minimum atomic E-state index is 0.312. The third-order valence-electron chi connectivity index (χ3n) is 3.81. The summed E-state index contributed by atoms with van der Waals surface area (Å²) in [6, 6.07) is 10.3. The summed E-state index contributed by atoms with van der Waals surface area (Å²) in [5, 5.41) is 8.84. The Hall–Kier alpha value is -1.27. The van der Waals surface area contributed by atoms with Crippen molar-refractivity contribution in [3.05, 3.63) is 35.9 Å². The van der Waals surface area contributed by atoms with Crippen molar-refractivity contribution in [3.8, 4) is 5.97 Å². The predicted octanol–water partition coefficient (Wildman–Crippen LogP) is 3.56. The Labute approximate surface area is 110 Å². The van der Waals surface area contributed by atoms with Crippen molar-refractivity contribution in [2.24, 2.45) is 5.92 Å². The molecule has 2 rings (SSSR count). The number of hydrogen-bond donors (Lipinski definition) is 0. The van der Waals surface area contributed by atoms with Gasteiger partial charge in [0.1, 0.15) is 0 Å². The molecule has 0 amide bonds. The summed E-state index contributed by atoms with van der Waals surface area (Å²) in [5.74, 6) is 3.15. The van der Waals surface area contributed by atoms with Crippen LogP contribution < -0.4 is 0 Å². The molecule has 1 aliphatic rings. The zero-order valence-corrected chi connectivity index (χ0v) is 10.8. The number of nitrogens with zero attached hydrogens (tertiary/aromatic N) is 1. The third kappa shape index (κ3) is 4.20. The maximum Gasteiger partial charge on any atom is 0.267 e. The van der Waals surface area contributed by atoms with Gasteiger partial charge in [-0.1, -0.05) is 55.8 Å². The van der Waals surface area contributed by atoms with E-state index in [4.69, 9.17) is 10.00 Å². The fraction of sp³-hybridized carbons (Fsp3) is 0.533. The minimum absolute atomic E-state index is 0.312. The Balaban J connectivity index is 1.58. The summed E-state index contributed by atoms with van der Waals surface area (Å²) < 4.78 is 5.71. The molecular formula is C15H20BNO. The van der Waals surface area contributed by atoms with Crippen LogP contribution in [0.4, 0.5) is 0 Å². The molecular weight excluding hydrogens is 221 g/mol. The second kappa shape index (κ2) is 7.23. The average molecular weight is 241 g/mol. The van der Waals surface area contributed by atoms with Gasteiger partial charge in [-0.25, -0.2) is 5.26 Å². The average Bonchev–Trinajstić information content (AvgIpc) is 2.45. The summed E-state index contributed by atoms with van der Waals surface area (Å²) in [6.07, 6.45) is 5.71. The molecule has 1 saturated heterocycles. The number of hydrogen-bond acceptors (Lipinski definition) is 2. The molecule has 0 aliphatic carbocycles. The van der Waals surface area contributed by atoms with Crippen molar-refractivity contribution in [1.29, 1.82) is 5.26 Å². The molecule has 0 saturated carbocycles. The predicted molar refractivity (Wildman–Crippen MR) is 74.4 cm³/mol. The second-order valence-corrected chi connectivity index (χ2v) is 5.17. The zero-order valence-electron chi connectivity index (χ0n) is 10.8. The van der Waals surface area contributed by atoms with Gasteiger partial charge in [0.15, 0.2) is 0 Å². The van der Waals surface area contributed by atoms with Gasteiger partial charge in [-0.2, -0.15) is 0 Å². The summed E-state index contributed by atoms with van der Waals surface area (Å²) in [6.45, 7) is 1.87. The number of nitriles is 1. The molecule has 0 unspecified atom stereocenters. The smallest absolute Gasteiger partial charge is 0.267 e. The van der Waals surface area contributed by atoms with Crippen molar-refractivity contribution in [3.63, 3.8) is 0 Å². The van der Waals surface area contributed by atoms with Crippen molar-refractivity contribution in [1.82, 2.24) is 0 Å². The highest BCUT2D eigenvalue weighted by Crippen LogP contribution is 2.27. The third-order valence-corrected chi connectivity index (χ3v) is 3.81. The van der Waals surface area contributed by atoms with Crippen LogP contribution in [0.1, 0.15) is 24.8 Å². The Morgan fingerprint density at radius 2 is 1.94 bits per heavy atom. The first-order chi connectivity index (χ1) is 8.88. The van der Waals surface area contributed by atoms with Gasteiger partial charge in [-0.05, 0) is 17.9 Å². The zero-order chi connectivity index (χ0) is 12.6. The first-order valence-electron chi connectivity index (χ1n) is 6.90.